The molecule has 7 heteroatoms. The molecule has 0 bridgehead atoms. The third kappa shape index (κ3) is 6.48. The van der Waals surface area contributed by atoms with Crippen molar-refractivity contribution >= 4 is 23.7 Å². The van der Waals surface area contributed by atoms with E-state index in [-0.39, 0.29) is 17.7 Å². The lowest BCUT2D eigenvalue weighted by Crippen LogP contribution is -2.40. The number of hydrogen-bond donors (Lipinski definition) is 2. The molecule has 23 heavy (non-hydrogen) atoms. The van der Waals surface area contributed by atoms with Crippen LogP contribution in [-0.2, 0) is 21.8 Å². The highest BCUT2D eigenvalue weighted by atomic mass is 32.2. The molecule has 0 aliphatic rings. The van der Waals surface area contributed by atoms with Crippen molar-refractivity contribution in [3.8, 4) is 0 Å². The monoisotopic (exact) mass is 341 g/mol. The molecule has 1 rings (SSSR count). The number of esters is 1. The number of nitrogens with one attached hydrogen (secondary N) is 2. The van der Waals surface area contributed by atoms with Crippen LogP contribution in [0.1, 0.15) is 18.1 Å². The highest BCUT2D eigenvalue weighted by molar-refractivity contribution is 7.97. The van der Waals surface area contributed by atoms with Gasteiger partial charge in [0, 0.05) is 25.9 Å². The number of methoxy groups -OCH3 is 1. The molecule has 1 unspecified atom stereocenters. The van der Waals surface area contributed by atoms with E-state index in [4.69, 9.17) is 0 Å². The molecule has 0 aromatic heterocycles. The second-order valence-electron chi connectivity index (χ2n) is 5.08. The van der Waals surface area contributed by atoms with Crippen molar-refractivity contribution in [2.75, 3.05) is 27.0 Å². The third-order valence-electron chi connectivity index (χ3n) is 3.32. The van der Waals surface area contributed by atoms with Crippen molar-refractivity contribution in [3.63, 3.8) is 0 Å². The third-order valence-corrected chi connectivity index (χ3v) is 3.92. The van der Waals surface area contributed by atoms with Gasteiger partial charge in [-0.1, -0.05) is 13.0 Å². The molecule has 0 heterocycles. The van der Waals surface area contributed by atoms with Crippen LogP contribution in [0.3, 0.4) is 0 Å². The maximum Gasteiger partial charge on any atom is 0.310 e. The first kappa shape index (κ1) is 19.3. The van der Waals surface area contributed by atoms with Crippen LogP contribution >= 0.6 is 11.8 Å². The summed E-state index contributed by atoms with van der Waals surface area (Å²) >= 11 is 1.65. The number of nitrogens with zero attached hydrogens (tertiary/aromatic N) is 1. The van der Waals surface area contributed by atoms with Crippen LogP contribution in [0.2, 0.25) is 0 Å². The number of hydrogen-bond acceptors (Lipinski definition) is 4. The van der Waals surface area contributed by atoms with Crippen LogP contribution < -0.4 is 10.6 Å². The quantitative estimate of drug-likeness (QED) is 0.452. The predicted octanol–water partition coefficient (Wildman–Crippen LogP) is 2.16. The summed E-state index contributed by atoms with van der Waals surface area (Å²) in [5, 5.41) is 6.25. The standard InChI is InChI=1S/C16H24FN3O2S/c1-11(15(21)22-3)8-19-16(18-2)20-9-12-5-6-14(17)7-13(12)10-23-4/h5-7,11H,8-10H2,1-4H3,(H2,18,19,20). The first-order valence-electron chi connectivity index (χ1n) is 7.30. The second kappa shape index (κ2) is 10.1. The smallest absolute Gasteiger partial charge is 0.310 e. The minimum atomic E-state index is -0.270. The first-order chi connectivity index (χ1) is 11.0. The van der Waals surface area contributed by atoms with Crippen LogP contribution in [0, 0.1) is 11.7 Å². The second-order valence-corrected chi connectivity index (χ2v) is 5.94. The van der Waals surface area contributed by atoms with E-state index in [2.05, 4.69) is 20.4 Å². The van der Waals surface area contributed by atoms with Gasteiger partial charge in [0.15, 0.2) is 5.96 Å². The van der Waals surface area contributed by atoms with Crippen molar-refractivity contribution in [3.05, 3.63) is 35.1 Å². The van der Waals surface area contributed by atoms with Gasteiger partial charge < -0.3 is 15.4 Å². The molecular formula is C16H24FN3O2S. The van der Waals surface area contributed by atoms with Crippen LogP contribution in [0.25, 0.3) is 0 Å². The number of rotatable bonds is 7. The Balaban J connectivity index is 2.60. The fourth-order valence-corrected chi connectivity index (χ4v) is 2.57. The molecule has 128 valence electrons. The molecule has 2 N–H and O–H groups in total. The van der Waals surface area contributed by atoms with Gasteiger partial charge in [-0.25, -0.2) is 4.39 Å². The van der Waals surface area contributed by atoms with Crippen LogP contribution in [-0.4, -0.2) is 38.9 Å². The van der Waals surface area contributed by atoms with Crippen molar-refractivity contribution in [1.29, 1.82) is 0 Å². The Morgan fingerprint density at radius 1 is 1.39 bits per heavy atom. The summed E-state index contributed by atoms with van der Waals surface area (Å²) in [4.78, 5) is 15.5. The largest absolute Gasteiger partial charge is 0.469 e. The molecular weight excluding hydrogens is 317 g/mol. The lowest BCUT2D eigenvalue weighted by molar-refractivity contribution is -0.144. The minimum absolute atomic E-state index is 0.229. The summed E-state index contributed by atoms with van der Waals surface area (Å²) in [5.41, 5.74) is 1.98. The molecule has 1 atom stereocenters. The number of carbonyl (C=O) groups excluding carboxylic acids is 1. The van der Waals surface area contributed by atoms with Crippen LogP contribution in [0.5, 0.6) is 0 Å². The zero-order valence-electron chi connectivity index (χ0n) is 14.0. The highest BCUT2D eigenvalue weighted by Gasteiger charge is 2.13. The van der Waals surface area contributed by atoms with Crippen molar-refractivity contribution in [2.24, 2.45) is 10.9 Å². The van der Waals surface area contributed by atoms with Gasteiger partial charge in [0.1, 0.15) is 5.82 Å². The normalized spacial score (nSPS) is 12.7. The number of guanidine groups is 1. The molecule has 0 amide bonds. The summed E-state index contributed by atoms with van der Waals surface area (Å²) in [6.45, 7) is 2.73. The van der Waals surface area contributed by atoms with Crippen molar-refractivity contribution in [2.45, 2.75) is 19.2 Å². The summed E-state index contributed by atoms with van der Waals surface area (Å²) in [5.74, 6) is 0.567. The molecule has 0 saturated carbocycles. The molecule has 0 aliphatic carbocycles. The van der Waals surface area contributed by atoms with Crippen LogP contribution in [0.4, 0.5) is 4.39 Å². The first-order valence-corrected chi connectivity index (χ1v) is 8.69. The van der Waals surface area contributed by atoms with Gasteiger partial charge in [-0.2, -0.15) is 11.8 Å². The van der Waals surface area contributed by atoms with Gasteiger partial charge >= 0.3 is 5.97 Å². The molecule has 0 radical (unpaired) electrons. The van der Waals surface area contributed by atoms with E-state index in [1.807, 2.05) is 6.26 Å². The Labute approximate surface area is 141 Å². The van der Waals surface area contributed by atoms with E-state index >= 15 is 0 Å². The Hall–Kier alpha value is -1.76. The summed E-state index contributed by atoms with van der Waals surface area (Å²) in [6.07, 6.45) is 1.98. The molecule has 1 aromatic rings. The van der Waals surface area contributed by atoms with Gasteiger partial charge in [0.2, 0.25) is 0 Å². The zero-order chi connectivity index (χ0) is 17.2. The lowest BCUT2D eigenvalue weighted by atomic mass is 10.1. The topological polar surface area (TPSA) is 62.7 Å². The van der Waals surface area contributed by atoms with Gasteiger partial charge in [-0.05, 0) is 29.5 Å². The summed E-state index contributed by atoms with van der Waals surface area (Å²) in [6, 6.07) is 4.79. The molecule has 0 fully saturated rings. The Kier molecular flexibility index (Phi) is 8.47. The Morgan fingerprint density at radius 3 is 2.74 bits per heavy atom. The Bertz CT molecular complexity index is 552. The zero-order valence-corrected chi connectivity index (χ0v) is 14.8. The number of ether oxygens (including phenoxy) is 1. The number of thioether (sulfide) groups is 1. The van der Waals surface area contributed by atoms with Gasteiger partial charge in [0.25, 0.3) is 0 Å². The molecule has 1 aromatic carbocycles. The van der Waals surface area contributed by atoms with E-state index in [0.717, 1.165) is 16.9 Å². The van der Waals surface area contributed by atoms with Gasteiger partial charge in [-0.15, -0.1) is 0 Å². The van der Waals surface area contributed by atoms with E-state index in [9.17, 15) is 9.18 Å². The predicted molar refractivity (Wildman–Crippen MR) is 93.0 cm³/mol. The SMILES string of the molecule is CN=C(NCc1ccc(F)cc1CSC)NCC(C)C(=O)OC. The minimum Gasteiger partial charge on any atom is -0.469 e. The lowest BCUT2D eigenvalue weighted by Gasteiger charge is -2.16. The number of benzene rings is 1. The number of aliphatic imine (C=N–C) groups is 1. The molecule has 0 spiro atoms. The van der Waals surface area contributed by atoms with Crippen LogP contribution in [0.15, 0.2) is 23.2 Å². The number of carbonyl (C=O) groups is 1. The van der Waals surface area contributed by atoms with E-state index in [1.54, 1.807) is 37.9 Å². The fourth-order valence-electron chi connectivity index (χ4n) is 1.99. The molecule has 0 saturated heterocycles. The molecule has 0 aliphatic heterocycles. The number of halogens is 1. The van der Waals surface area contributed by atoms with Crippen molar-refractivity contribution < 1.29 is 13.9 Å². The van der Waals surface area contributed by atoms with E-state index in [1.165, 1.54) is 13.2 Å². The maximum absolute atomic E-state index is 13.3. The van der Waals surface area contributed by atoms with Gasteiger partial charge in [0.05, 0.1) is 13.0 Å². The maximum atomic E-state index is 13.3. The van der Waals surface area contributed by atoms with E-state index in [0.29, 0.717) is 19.0 Å². The Morgan fingerprint density at radius 2 is 2.13 bits per heavy atom. The highest BCUT2D eigenvalue weighted by Crippen LogP contribution is 2.16. The summed E-state index contributed by atoms with van der Waals surface area (Å²) in [7, 11) is 3.03. The van der Waals surface area contributed by atoms with E-state index < -0.39 is 0 Å². The van der Waals surface area contributed by atoms with Gasteiger partial charge in [-0.3, -0.25) is 9.79 Å². The fraction of sp³-hybridized carbons (Fsp3) is 0.500. The average molecular weight is 341 g/mol. The average Bonchev–Trinajstić information content (AvgIpc) is 2.55. The molecule has 5 nitrogen and oxygen atoms in total. The van der Waals surface area contributed by atoms with Crippen molar-refractivity contribution in [1.82, 2.24) is 10.6 Å². The summed E-state index contributed by atoms with van der Waals surface area (Å²) < 4.78 is 18.0.